The van der Waals surface area contributed by atoms with Crippen LogP contribution >= 0.6 is 0 Å². The predicted octanol–water partition coefficient (Wildman–Crippen LogP) is 2.07. The smallest absolute Gasteiger partial charge is 0.260 e. The van der Waals surface area contributed by atoms with Crippen LogP contribution in [0.3, 0.4) is 0 Å². The lowest BCUT2D eigenvalue weighted by atomic mass is 9.88. The van der Waals surface area contributed by atoms with Gasteiger partial charge in [0.05, 0.1) is 0 Å². The molecular weight excluding hydrogens is 252 g/mol. The van der Waals surface area contributed by atoms with Gasteiger partial charge >= 0.3 is 0 Å². The van der Waals surface area contributed by atoms with Crippen LogP contribution in [-0.2, 0) is 11.2 Å². The van der Waals surface area contributed by atoms with Crippen molar-refractivity contribution in [3.63, 3.8) is 0 Å². The Labute approximate surface area is 119 Å². The minimum absolute atomic E-state index is 0.0260. The van der Waals surface area contributed by atoms with Gasteiger partial charge in [-0.1, -0.05) is 6.07 Å². The Hall–Kier alpha value is -1.55. The molecule has 2 aliphatic rings. The Balaban J connectivity index is 1.66. The molecule has 0 spiro atoms. The maximum absolute atomic E-state index is 11.9. The van der Waals surface area contributed by atoms with E-state index in [0.717, 1.165) is 37.9 Å². The van der Waals surface area contributed by atoms with E-state index in [2.05, 4.69) is 5.32 Å². The van der Waals surface area contributed by atoms with Crippen molar-refractivity contribution in [3.05, 3.63) is 29.3 Å². The Morgan fingerprint density at radius 1 is 1.40 bits per heavy atom. The van der Waals surface area contributed by atoms with Crippen LogP contribution in [-0.4, -0.2) is 18.1 Å². The Kier molecular flexibility index (Phi) is 3.66. The van der Waals surface area contributed by atoms with Crippen molar-refractivity contribution in [3.8, 4) is 5.75 Å². The highest BCUT2D eigenvalue weighted by atomic mass is 16.5. The van der Waals surface area contributed by atoms with Crippen molar-refractivity contribution in [1.29, 1.82) is 0 Å². The van der Waals surface area contributed by atoms with Gasteiger partial charge in [-0.05, 0) is 62.3 Å². The second-order valence-electron chi connectivity index (χ2n) is 5.90. The molecule has 20 heavy (non-hydrogen) atoms. The molecule has 108 valence electrons. The van der Waals surface area contributed by atoms with E-state index in [1.165, 1.54) is 11.1 Å². The van der Waals surface area contributed by atoms with Crippen LogP contribution in [0.15, 0.2) is 18.2 Å². The van der Waals surface area contributed by atoms with Gasteiger partial charge in [-0.3, -0.25) is 4.79 Å². The number of aryl methyl sites for hydroxylation is 1. The van der Waals surface area contributed by atoms with Gasteiger partial charge in [0.1, 0.15) is 5.75 Å². The maximum atomic E-state index is 11.9. The number of ether oxygens (including phenoxy) is 1. The van der Waals surface area contributed by atoms with E-state index in [0.29, 0.717) is 6.04 Å². The summed E-state index contributed by atoms with van der Waals surface area (Å²) in [7, 11) is 0. The molecule has 1 amide bonds. The van der Waals surface area contributed by atoms with Gasteiger partial charge in [0.25, 0.3) is 5.91 Å². The summed E-state index contributed by atoms with van der Waals surface area (Å²) in [5, 5.41) is 2.96. The summed E-state index contributed by atoms with van der Waals surface area (Å²) in [4.78, 5) is 11.9. The molecule has 1 saturated carbocycles. The first-order valence-electron chi connectivity index (χ1n) is 7.49. The summed E-state index contributed by atoms with van der Waals surface area (Å²) in [5.41, 5.74) is 8.58. The molecule has 2 aliphatic carbocycles. The zero-order valence-corrected chi connectivity index (χ0v) is 11.9. The molecule has 2 unspecified atom stereocenters. The van der Waals surface area contributed by atoms with E-state index >= 15 is 0 Å². The summed E-state index contributed by atoms with van der Waals surface area (Å²) in [6, 6.07) is 6.51. The quantitative estimate of drug-likeness (QED) is 0.883. The summed E-state index contributed by atoms with van der Waals surface area (Å²) in [6.07, 6.45) is 4.95. The lowest BCUT2D eigenvalue weighted by Gasteiger charge is -2.23. The van der Waals surface area contributed by atoms with Crippen molar-refractivity contribution >= 4 is 5.91 Å². The summed E-state index contributed by atoms with van der Waals surface area (Å²) >= 11 is 0. The number of hydrogen-bond acceptors (Lipinski definition) is 3. The van der Waals surface area contributed by atoms with E-state index in [1.54, 1.807) is 6.92 Å². The van der Waals surface area contributed by atoms with Crippen LogP contribution in [0, 0.1) is 0 Å². The van der Waals surface area contributed by atoms with Gasteiger partial charge in [0.2, 0.25) is 0 Å². The molecule has 0 saturated heterocycles. The molecule has 0 aromatic heterocycles. The van der Waals surface area contributed by atoms with Crippen molar-refractivity contribution in [2.24, 2.45) is 5.73 Å². The zero-order valence-electron chi connectivity index (χ0n) is 11.9. The largest absolute Gasteiger partial charge is 0.481 e. The van der Waals surface area contributed by atoms with E-state index < -0.39 is 6.10 Å². The molecule has 0 aliphatic heterocycles. The minimum atomic E-state index is -0.453. The first-order chi connectivity index (χ1) is 9.63. The molecule has 0 radical (unpaired) electrons. The average Bonchev–Trinajstić information content (AvgIpc) is 3.22. The molecule has 2 atom stereocenters. The predicted molar refractivity (Wildman–Crippen MR) is 77.6 cm³/mol. The molecule has 1 aromatic carbocycles. The van der Waals surface area contributed by atoms with Gasteiger partial charge in [-0.2, -0.15) is 0 Å². The van der Waals surface area contributed by atoms with Gasteiger partial charge in [-0.15, -0.1) is 0 Å². The fraction of sp³-hybridized carbons (Fsp3) is 0.562. The van der Waals surface area contributed by atoms with Crippen LogP contribution < -0.4 is 15.8 Å². The fourth-order valence-electron chi connectivity index (χ4n) is 2.71. The van der Waals surface area contributed by atoms with Crippen LogP contribution in [0.5, 0.6) is 5.75 Å². The van der Waals surface area contributed by atoms with Gasteiger partial charge in [0, 0.05) is 12.1 Å². The third-order valence-electron chi connectivity index (χ3n) is 4.08. The van der Waals surface area contributed by atoms with E-state index in [4.69, 9.17) is 10.5 Å². The van der Waals surface area contributed by atoms with Crippen LogP contribution in [0.2, 0.25) is 0 Å². The lowest BCUT2D eigenvalue weighted by molar-refractivity contribution is -0.127. The molecule has 4 heteroatoms. The Bertz CT molecular complexity index is 511. The molecule has 1 fully saturated rings. The molecule has 0 bridgehead atoms. The first-order valence-corrected chi connectivity index (χ1v) is 7.49. The van der Waals surface area contributed by atoms with Crippen LogP contribution in [0.4, 0.5) is 0 Å². The Morgan fingerprint density at radius 2 is 2.20 bits per heavy atom. The standard InChI is InChI=1S/C16H22N2O2/c1-10(16(19)18-12-5-6-12)20-13-7-8-14-11(9-13)3-2-4-15(14)17/h7-10,12,15H,2-6,17H2,1H3,(H,18,19). The lowest BCUT2D eigenvalue weighted by Crippen LogP contribution is -2.37. The molecule has 4 nitrogen and oxygen atoms in total. The number of hydrogen-bond donors (Lipinski definition) is 2. The number of carbonyl (C=O) groups is 1. The highest BCUT2D eigenvalue weighted by molar-refractivity contribution is 5.81. The number of benzene rings is 1. The van der Waals surface area contributed by atoms with Crippen molar-refractivity contribution in [2.45, 2.75) is 57.2 Å². The monoisotopic (exact) mass is 274 g/mol. The minimum Gasteiger partial charge on any atom is -0.481 e. The van der Waals surface area contributed by atoms with Gasteiger partial charge < -0.3 is 15.8 Å². The molecule has 3 rings (SSSR count). The van der Waals surface area contributed by atoms with E-state index in [-0.39, 0.29) is 11.9 Å². The normalized spacial score (nSPS) is 22.8. The number of nitrogens with two attached hydrogens (primary N) is 1. The van der Waals surface area contributed by atoms with E-state index in [1.807, 2.05) is 18.2 Å². The topological polar surface area (TPSA) is 64.3 Å². The van der Waals surface area contributed by atoms with Crippen LogP contribution in [0.1, 0.15) is 49.8 Å². The first kappa shape index (κ1) is 13.4. The molecule has 0 heterocycles. The summed E-state index contributed by atoms with van der Waals surface area (Å²) < 4.78 is 5.75. The highest BCUT2D eigenvalue weighted by Gasteiger charge is 2.26. The average molecular weight is 274 g/mol. The van der Waals surface area contributed by atoms with E-state index in [9.17, 15) is 4.79 Å². The maximum Gasteiger partial charge on any atom is 0.260 e. The number of rotatable bonds is 4. The second-order valence-corrected chi connectivity index (χ2v) is 5.90. The zero-order chi connectivity index (χ0) is 14.1. The van der Waals surface area contributed by atoms with Gasteiger partial charge in [0.15, 0.2) is 6.10 Å². The molecule has 3 N–H and O–H groups in total. The summed E-state index contributed by atoms with van der Waals surface area (Å²) in [6.45, 7) is 1.79. The number of amides is 1. The van der Waals surface area contributed by atoms with Crippen molar-refractivity contribution in [1.82, 2.24) is 5.32 Å². The summed E-state index contributed by atoms with van der Waals surface area (Å²) in [5.74, 6) is 0.734. The number of nitrogens with one attached hydrogen (secondary N) is 1. The SMILES string of the molecule is CC(Oc1ccc2c(c1)CCCC2N)C(=O)NC1CC1. The second kappa shape index (κ2) is 5.44. The van der Waals surface area contributed by atoms with Crippen LogP contribution in [0.25, 0.3) is 0 Å². The molecule has 1 aromatic rings. The fourth-order valence-corrected chi connectivity index (χ4v) is 2.71. The van der Waals surface area contributed by atoms with Gasteiger partial charge in [-0.25, -0.2) is 0 Å². The number of fused-ring (bicyclic) bond motifs is 1. The third-order valence-corrected chi connectivity index (χ3v) is 4.08. The molecular formula is C16H22N2O2. The highest BCUT2D eigenvalue weighted by Crippen LogP contribution is 2.31. The number of carbonyl (C=O) groups excluding carboxylic acids is 1. The third kappa shape index (κ3) is 2.96. The van der Waals surface area contributed by atoms with Crippen molar-refractivity contribution in [2.75, 3.05) is 0 Å². The van der Waals surface area contributed by atoms with Crippen molar-refractivity contribution < 1.29 is 9.53 Å². The Morgan fingerprint density at radius 3 is 2.95 bits per heavy atom.